The summed E-state index contributed by atoms with van der Waals surface area (Å²) in [6.45, 7) is 8.31. The maximum Gasteiger partial charge on any atom is 0.196 e. The molecule has 0 aliphatic rings. The van der Waals surface area contributed by atoms with Crippen LogP contribution in [0.2, 0.25) is 0 Å². The lowest BCUT2D eigenvalue weighted by atomic mass is 10.1. The number of hydrogen-bond donors (Lipinski definition) is 1. The van der Waals surface area contributed by atoms with Gasteiger partial charge in [-0.05, 0) is 45.3 Å². The second kappa shape index (κ2) is 6.61. The summed E-state index contributed by atoms with van der Waals surface area (Å²) in [4.78, 5) is 13.5. The van der Waals surface area contributed by atoms with Crippen LogP contribution >= 0.6 is 0 Å². The van der Waals surface area contributed by atoms with Crippen LogP contribution in [-0.4, -0.2) is 32.6 Å². The molecule has 0 saturated carbocycles. The van der Waals surface area contributed by atoms with Gasteiger partial charge in [-0.1, -0.05) is 6.92 Å². The highest BCUT2D eigenvalue weighted by molar-refractivity contribution is 5.46. The predicted molar refractivity (Wildman–Crippen MR) is 80.6 cm³/mol. The molecule has 5 heteroatoms. The molecule has 0 aromatic carbocycles. The highest BCUT2D eigenvalue weighted by atomic mass is 15.1. The second-order valence-electron chi connectivity index (χ2n) is 5.06. The molecule has 0 bridgehead atoms. The Morgan fingerprint density at radius 3 is 2.40 bits per heavy atom. The second-order valence-corrected chi connectivity index (χ2v) is 5.06. The quantitative estimate of drug-likeness (QED) is 0.818. The van der Waals surface area contributed by atoms with E-state index < -0.39 is 0 Å². The first-order chi connectivity index (χ1) is 9.63. The molecule has 0 atom stereocenters. The van der Waals surface area contributed by atoms with Gasteiger partial charge in [0.1, 0.15) is 0 Å². The van der Waals surface area contributed by atoms with Crippen molar-refractivity contribution >= 4 is 0 Å². The maximum absolute atomic E-state index is 4.61. The van der Waals surface area contributed by atoms with E-state index in [0.29, 0.717) is 5.82 Å². The van der Waals surface area contributed by atoms with Crippen LogP contribution in [0.15, 0.2) is 12.4 Å². The number of aryl methyl sites for hydroxylation is 3. The zero-order valence-corrected chi connectivity index (χ0v) is 12.8. The average Bonchev–Trinajstić information content (AvgIpc) is 2.83. The van der Waals surface area contributed by atoms with Crippen molar-refractivity contribution in [2.75, 3.05) is 13.1 Å². The molecule has 1 N–H and O–H groups in total. The fourth-order valence-corrected chi connectivity index (χ4v) is 2.30. The van der Waals surface area contributed by atoms with Gasteiger partial charge in [0.2, 0.25) is 0 Å². The summed E-state index contributed by atoms with van der Waals surface area (Å²) < 4.78 is 1.94. The topological polar surface area (TPSA) is 55.6 Å². The van der Waals surface area contributed by atoms with Crippen molar-refractivity contribution < 1.29 is 0 Å². The summed E-state index contributed by atoms with van der Waals surface area (Å²) in [5.74, 6) is 1.52. The third-order valence-corrected chi connectivity index (χ3v) is 3.42. The molecule has 2 heterocycles. The molecule has 0 unspecified atom stereocenters. The summed E-state index contributed by atoms with van der Waals surface area (Å²) in [7, 11) is 1.96. The van der Waals surface area contributed by atoms with Crippen LogP contribution in [0.5, 0.6) is 0 Å². The average molecular weight is 273 g/mol. The van der Waals surface area contributed by atoms with Gasteiger partial charge in [0.15, 0.2) is 11.6 Å². The van der Waals surface area contributed by atoms with Gasteiger partial charge in [-0.2, -0.15) is 0 Å². The Bertz CT molecular complexity index is 550. The molecule has 0 radical (unpaired) electrons. The summed E-state index contributed by atoms with van der Waals surface area (Å²) in [5, 5.41) is 3.42. The normalized spacial score (nSPS) is 11.0. The zero-order chi connectivity index (χ0) is 14.5. The van der Waals surface area contributed by atoms with Crippen LogP contribution in [0.25, 0.3) is 11.6 Å². The maximum atomic E-state index is 4.61. The van der Waals surface area contributed by atoms with Gasteiger partial charge in [-0.25, -0.2) is 15.0 Å². The Morgan fingerprint density at radius 1 is 1.15 bits per heavy atom. The molecule has 0 fully saturated rings. The van der Waals surface area contributed by atoms with Crippen LogP contribution in [0.4, 0.5) is 0 Å². The SMILES string of the molecule is CCCNCCc1c(C)nc(-c2nccn2C)nc1C. The molecule has 2 rings (SSSR count). The monoisotopic (exact) mass is 273 g/mol. The number of hydrogen-bond acceptors (Lipinski definition) is 4. The Labute approximate surface area is 120 Å². The molecule has 0 saturated heterocycles. The van der Waals surface area contributed by atoms with Gasteiger partial charge in [-0.3, -0.25) is 0 Å². The minimum absolute atomic E-state index is 0.706. The van der Waals surface area contributed by atoms with Gasteiger partial charge in [0, 0.05) is 30.8 Å². The van der Waals surface area contributed by atoms with E-state index >= 15 is 0 Å². The van der Waals surface area contributed by atoms with E-state index in [4.69, 9.17) is 0 Å². The van der Waals surface area contributed by atoms with Gasteiger partial charge < -0.3 is 9.88 Å². The third-order valence-electron chi connectivity index (χ3n) is 3.42. The summed E-state index contributed by atoms with van der Waals surface area (Å²) in [6, 6.07) is 0. The smallest absolute Gasteiger partial charge is 0.196 e. The van der Waals surface area contributed by atoms with E-state index in [1.165, 1.54) is 5.56 Å². The van der Waals surface area contributed by atoms with E-state index in [1.54, 1.807) is 6.20 Å². The van der Waals surface area contributed by atoms with E-state index in [-0.39, 0.29) is 0 Å². The number of imidazole rings is 1. The Hall–Kier alpha value is -1.75. The van der Waals surface area contributed by atoms with E-state index in [9.17, 15) is 0 Å². The van der Waals surface area contributed by atoms with Crippen molar-refractivity contribution in [3.8, 4) is 11.6 Å². The van der Waals surface area contributed by atoms with Crippen molar-refractivity contribution in [1.29, 1.82) is 0 Å². The molecular formula is C15H23N5. The van der Waals surface area contributed by atoms with Crippen molar-refractivity contribution in [2.45, 2.75) is 33.6 Å². The van der Waals surface area contributed by atoms with Gasteiger partial charge >= 0.3 is 0 Å². The van der Waals surface area contributed by atoms with Gasteiger partial charge in [0.25, 0.3) is 0 Å². The highest BCUT2D eigenvalue weighted by Crippen LogP contribution is 2.17. The van der Waals surface area contributed by atoms with Gasteiger partial charge in [-0.15, -0.1) is 0 Å². The lowest BCUT2D eigenvalue weighted by Crippen LogP contribution is -2.19. The Kier molecular flexibility index (Phi) is 4.84. The lowest BCUT2D eigenvalue weighted by Gasteiger charge is -2.11. The number of nitrogens with zero attached hydrogens (tertiary/aromatic N) is 4. The Morgan fingerprint density at radius 2 is 1.85 bits per heavy atom. The molecule has 0 amide bonds. The van der Waals surface area contributed by atoms with Crippen molar-refractivity contribution in [1.82, 2.24) is 24.8 Å². The van der Waals surface area contributed by atoms with E-state index in [0.717, 1.165) is 43.1 Å². The van der Waals surface area contributed by atoms with E-state index in [2.05, 4.69) is 41.0 Å². The molecular weight excluding hydrogens is 250 g/mol. The van der Waals surface area contributed by atoms with Gasteiger partial charge in [0.05, 0.1) is 0 Å². The van der Waals surface area contributed by atoms with E-state index in [1.807, 2.05) is 17.8 Å². The largest absolute Gasteiger partial charge is 0.331 e. The van der Waals surface area contributed by atoms with Crippen LogP contribution in [0.1, 0.15) is 30.3 Å². The minimum Gasteiger partial charge on any atom is -0.331 e. The van der Waals surface area contributed by atoms with Crippen LogP contribution in [-0.2, 0) is 13.5 Å². The number of nitrogens with one attached hydrogen (secondary N) is 1. The lowest BCUT2D eigenvalue weighted by molar-refractivity contribution is 0.666. The van der Waals surface area contributed by atoms with Crippen molar-refractivity contribution in [3.63, 3.8) is 0 Å². The molecule has 2 aromatic rings. The van der Waals surface area contributed by atoms with Crippen LogP contribution in [0, 0.1) is 13.8 Å². The number of rotatable bonds is 6. The standard InChI is InChI=1S/C15H23N5/c1-5-7-16-8-6-13-11(2)18-14(19-12(13)3)15-17-9-10-20(15)4/h9-10,16H,5-8H2,1-4H3. The fourth-order valence-electron chi connectivity index (χ4n) is 2.30. The first kappa shape index (κ1) is 14.7. The first-order valence-corrected chi connectivity index (χ1v) is 7.16. The minimum atomic E-state index is 0.706. The first-order valence-electron chi connectivity index (χ1n) is 7.16. The Balaban J connectivity index is 2.19. The predicted octanol–water partition coefficient (Wildman–Crippen LogP) is 2.04. The molecule has 20 heavy (non-hydrogen) atoms. The summed E-state index contributed by atoms with van der Waals surface area (Å²) in [6.07, 6.45) is 5.81. The van der Waals surface area contributed by atoms with Crippen LogP contribution < -0.4 is 5.32 Å². The zero-order valence-electron chi connectivity index (χ0n) is 12.8. The molecule has 5 nitrogen and oxygen atoms in total. The summed E-state index contributed by atoms with van der Waals surface area (Å²) >= 11 is 0. The van der Waals surface area contributed by atoms with Crippen LogP contribution in [0.3, 0.4) is 0 Å². The van der Waals surface area contributed by atoms with Crippen molar-refractivity contribution in [3.05, 3.63) is 29.3 Å². The molecule has 108 valence electrons. The highest BCUT2D eigenvalue weighted by Gasteiger charge is 2.12. The fraction of sp³-hybridized carbons (Fsp3) is 0.533. The molecule has 0 spiro atoms. The molecule has 0 aliphatic heterocycles. The third kappa shape index (κ3) is 3.22. The molecule has 0 aliphatic carbocycles. The summed E-state index contributed by atoms with van der Waals surface area (Å²) in [5.41, 5.74) is 3.34. The van der Waals surface area contributed by atoms with Crippen molar-refractivity contribution in [2.24, 2.45) is 7.05 Å². The number of aromatic nitrogens is 4. The molecule has 2 aromatic heterocycles.